The van der Waals surface area contributed by atoms with E-state index in [0.717, 1.165) is 0 Å². The number of nitrogens with two attached hydrogens (primary N) is 4. The molecule has 13 heteroatoms. The van der Waals surface area contributed by atoms with E-state index in [1.54, 1.807) is 24.3 Å². The van der Waals surface area contributed by atoms with Crippen molar-refractivity contribution in [2.45, 2.75) is 67.5 Å². The summed E-state index contributed by atoms with van der Waals surface area (Å²) in [5.74, 6) is 0.163. The summed E-state index contributed by atoms with van der Waals surface area (Å²) in [5, 5.41) is 33.6. The summed E-state index contributed by atoms with van der Waals surface area (Å²) in [6.45, 7) is -0.502. The molecule has 1 heterocycles. The summed E-state index contributed by atoms with van der Waals surface area (Å²) in [7, 11) is 1.54. The lowest BCUT2D eigenvalue weighted by Gasteiger charge is -2.46. The zero-order chi connectivity index (χ0) is 25.0. The first kappa shape index (κ1) is 26.7. The molecule has 1 aromatic rings. The Labute approximate surface area is 197 Å². The Hall–Kier alpha value is -1.91. The van der Waals surface area contributed by atoms with Crippen LogP contribution in [0.1, 0.15) is 6.42 Å². The maximum absolute atomic E-state index is 12.4. The van der Waals surface area contributed by atoms with E-state index >= 15 is 0 Å². The lowest BCUT2D eigenvalue weighted by Crippen LogP contribution is -2.67. The van der Waals surface area contributed by atoms with Crippen LogP contribution in [-0.2, 0) is 19.0 Å². The summed E-state index contributed by atoms with van der Waals surface area (Å²) in [6.07, 6.45) is -7.79. The van der Waals surface area contributed by atoms with Gasteiger partial charge in [0.15, 0.2) is 6.29 Å². The largest absolute Gasteiger partial charge is 0.497 e. The van der Waals surface area contributed by atoms with Crippen molar-refractivity contribution in [3.63, 3.8) is 0 Å². The van der Waals surface area contributed by atoms with Crippen LogP contribution >= 0.6 is 0 Å². The number of hydrogen-bond acceptors (Lipinski definition) is 12. The van der Waals surface area contributed by atoms with Crippen molar-refractivity contribution in [3.05, 3.63) is 24.3 Å². The Morgan fingerprint density at radius 2 is 1.74 bits per heavy atom. The molecule has 12 N–H and O–H groups in total. The van der Waals surface area contributed by atoms with Crippen molar-refractivity contribution in [3.8, 4) is 5.75 Å². The summed E-state index contributed by atoms with van der Waals surface area (Å²) in [4.78, 5) is 12.4. The average Bonchev–Trinajstić information content (AvgIpc) is 2.82. The Morgan fingerprint density at radius 3 is 2.35 bits per heavy atom. The van der Waals surface area contributed by atoms with E-state index in [-0.39, 0.29) is 13.0 Å². The molecular formula is C21H35N5O8. The van der Waals surface area contributed by atoms with E-state index in [4.69, 9.17) is 41.9 Å². The van der Waals surface area contributed by atoms with E-state index in [1.165, 1.54) is 7.11 Å². The molecule has 2 aliphatic rings. The van der Waals surface area contributed by atoms with Crippen LogP contribution in [0.25, 0.3) is 0 Å². The molecule has 0 radical (unpaired) electrons. The normalized spacial score (nSPS) is 38.4. The molecule has 1 aromatic carbocycles. The van der Waals surface area contributed by atoms with E-state index in [2.05, 4.69) is 5.32 Å². The van der Waals surface area contributed by atoms with E-state index in [0.29, 0.717) is 11.4 Å². The number of methoxy groups -OCH3 is 1. The third-order valence-electron chi connectivity index (χ3n) is 6.12. The van der Waals surface area contributed by atoms with Crippen LogP contribution in [0.15, 0.2) is 24.3 Å². The van der Waals surface area contributed by atoms with Gasteiger partial charge in [0.25, 0.3) is 0 Å². The van der Waals surface area contributed by atoms with Crippen molar-refractivity contribution in [2.24, 2.45) is 22.9 Å². The quantitative estimate of drug-likeness (QED) is 0.180. The van der Waals surface area contributed by atoms with Crippen LogP contribution in [0.2, 0.25) is 0 Å². The number of benzene rings is 1. The number of aliphatic hydroxyl groups excluding tert-OH is 3. The smallest absolute Gasteiger partial charge is 0.250 e. The molecule has 13 nitrogen and oxygen atoms in total. The lowest BCUT2D eigenvalue weighted by molar-refractivity contribution is -0.290. The molecule has 10 atom stereocenters. The zero-order valence-electron chi connectivity index (χ0n) is 18.9. The molecule has 1 saturated heterocycles. The Kier molecular flexibility index (Phi) is 9.17. The molecule has 34 heavy (non-hydrogen) atoms. The summed E-state index contributed by atoms with van der Waals surface area (Å²) in [6, 6.07) is 4.20. The lowest BCUT2D eigenvalue weighted by atomic mass is 9.84. The summed E-state index contributed by atoms with van der Waals surface area (Å²) >= 11 is 0. The Bertz CT molecular complexity index is 800. The van der Waals surface area contributed by atoms with Gasteiger partial charge in [0.2, 0.25) is 5.91 Å². The number of carbonyl (C=O) groups is 1. The predicted molar refractivity (Wildman–Crippen MR) is 121 cm³/mol. The zero-order valence-corrected chi connectivity index (χ0v) is 18.9. The number of anilines is 1. The van der Waals surface area contributed by atoms with Crippen molar-refractivity contribution in [1.29, 1.82) is 0 Å². The molecule has 1 aliphatic carbocycles. The highest BCUT2D eigenvalue weighted by Gasteiger charge is 2.48. The maximum atomic E-state index is 12.4. The topological polar surface area (TPSA) is 231 Å². The fraction of sp³-hybridized carbons (Fsp3) is 0.667. The minimum absolute atomic E-state index is 0.0829. The highest BCUT2D eigenvalue weighted by atomic mass is 16.7. The van der Waals surface area contributed by atoms with Crippen molar-refractivity contribution in [2.75, 3.05) is 25.6 Å². The first-order valence-electron chi connectivity index (χ1n) is 11.0. The molecule has 3 rings (SSSR count). The molecule has 2 fully saturated rings. The second kappa shape index (κ2) is 11.7. The molecule has 0 spiro atoms. The maximum Gasteiger partial charge on any atom is 0.250 e. The highest BCUT2D eigenvalue weighted by molar-refractivity contribution is 5.91. The Balaban J connectivity index is 1.66. The van der Waals surface area contributed by atoms with Gasteiger partial charge >= 0.3 is 0 Å². The number of aliphatic hydroxyl groups is 3. The van der Waals surface area contributed by atoms with E-state index in [1.807, 2.05) is 0 Å². The van der Waals surface area contributed by atoms with Gasteiger partial charge in [-0.25, -0.2) is 0 Å². The van der Waals surface area contributed by atoms with Crippen molar-refractivity contribution in [1.82, 2.24) is 0 Å². The van der Waals surface area contributed by atoms with Gasteiger partial charge in [0.05, 0.1) is 19.3 Å². The molecule has 1 saturated carbocycles. The van der Waals surface area contributed by atoms with E-state index < -0.39 is 73.6 Å². The van der Waals surface area contributed by atoms with Gasteiger partial charge in [-0.15, -0.1) is 0 Å². The molecule has 1 aliphatic heterocycles. The van der Waals surface area contributed by atoms with Gasteiger partial charge in [-0.3, -0.25) is 4.79 Å². The second-order valence-corrected chi connectivity index (χ2v) is 8.54. The molecular weight excluding hydrogens is 450 g/mol. The molecule has 0 aromatic heterocycles. The second-order valence-electron chi connectivity index (χ2n) is 8.54. The van der Waals surface area contributed by atoms with Crippen LogP contribution in [-0.4, -0.2) is 103 Å². The molecule has 0 bridgehead atoms. The number of amides is 1. The number of hydrogen-bond donors (Lipinski definition) is 8. The van der Waals surface area contributed by atoms with Crippen LogP contribution < -0.4 is 33.0 Å². The predicted octanol–water partition coefficient (Wildman–Crippen LogP) is -3.44. The minimum atomic E-state index is -1.35. The van der Waals surface area contributed by atoms with E-state index in [9.17, 15) is 20.1 Å². The number of rotatable bonds is 8. The van der Waals surface area contributed by atoms with Crippen LogP contribution in [0.5, 0.6) is 5.75 Å². The van der Waals surface area contributed by atoms with Crippen LogP contribution in [0.3, 0.4) is 0 Å². The van der Waals surface area contributed by atoms with Crippen LogP contribution in [0.4, 0.5) is 5.69 Å². The third kappa shape index (κ3) is 6.01. The standard InChI is InChI=1S/C21H35N5O8/c1-31-10-4-2-9(3-5-10)26-14(27)8-32-20-16(28)11(23)6-12(24)19(20)34-21-15(25)18(30)17(29)13(7-22)33-21/h2-5,11-13,15-21,28-30H,6-8,22-25H2,1H3,(H,26,27)/t11-,12+,13-,15-,16+,17-,18-,19-,20-,21-/m1/s1. The molecule has 1 amide bonds. The monoisotopic (exact) mass is 485 g/mol. The van der Waals surface area contributed by atoms with Gasteiger partial charge in [0.1, 0.15) is 42.9 Å². The fourth-order valence-electron chi connectivity index (χ4n) is 4.11. The average molecular weight is 486 g/mol. The molecule has 192 valence electrons. The molecule has 0 unspecified atom stereocenters. The first-order valence-corrected chi connectivity index (χ1v) is 11.0. The van der Waals surface area contributed by atoms with Gasteiger partial charge in [0, 0.05) is 24.3 Å². The number of carbonyl (C=O) groups excluding carboxylic acids is 1. The van der Waals surface area contributed by atoms with Crippen molar-refractivity contribution >= 4 is 11.6 Å². The summed E-state index contributed by atoms with van der Waals surface area (Å²) in [5.41, 5.74) is 24.3. The van der Waals surface area contributed by atoms with Gasteiger partial charge in [-0.2, -0.15) is 0 Å². The fourth-order valence-corrected chi connectivity index (χ4v) is 4.11. The van der Waals surface area contributed by atoms with Gasteiger partial charge in [-0.1, -0.05) is 0 Å². The van der Waals surface area contributed by atoms with Gasteiger partial charge < -0.3 is 62.5 Å². The summed E-state index contributed by atoms with van der Waals surface area (Å²) < 4.78 is 22.3. The third-order valence-corrected chi connectivity index (χ3v) is 6.12. The Morgan fingerprint density at radius 1 is 1.06 bits per heavy atom. The van der Waals surface area contributed by atoms with Gasteiger partial charge in [-0.05, 0) is 30.7 Å². The highest BCUT2D eigenvalue weighted by Crippen LogP contribution is 2.28. The minimum Gasteiger partial charge on any atom is -0.497 e. The first-order chi connectivity index (χ1) is 16.2. The van der Waals surface area contributed by atoms with Crippen molar-refractivity contribution < 1.29 is 39.1 Å². The number of ether oxygens (including phenoxy) is 4. The van der Waals surface area contributed by atoms with Crippen LogP contribution in [0, 0.1) is 0 Å². The SMILES string of the molecule is COc1ccc(NC(=O)CO[C@@H]2[C@@H](O)[C@H](N)C[C@H](N)[C@H]2O[C@H]2O[C@H](CN)[C@@H](O)[C@H](O)[C@H]2N)cc1. The number of nitrogens with one attached hydrogen (secondary N) is 1.